The molecule has 4 rings (SSSR count). The first kappa shape index (κ1) is 19.1. The Morgan fingerprint density at radius 3 is 2.79 bits per heavy atom. The zero-order valence-electron chi connectivity index (χ0n) is 16.7. The third-order valence-electron chi connectivity index (χ3n) is 5.20. The minimum atomic E-state index is -0.442. The molecule has 1 aliphatic rings. The number of amides is 2. The molecule has 1 atom stereocenters. The number of hydrogen-bond donors (Lipinski definition) is 1. The van der Waals surface area contributed by atoms with E-state index in [0.29, 0.717) is 36.8 Å². The maximum atomic E-state index is 13.2. The number of rotatable bonds is 4. The molecule has 1 N–H and O–H groups in total. The zero-order chi connectivity index (χ0) is 20.4. The van der Waals surface area contributed by atoms with Crippen molar-refractivity contribution in [2.45, 2.75) is 32.7 Å². The fourth-order valence-electron chi connectivity index (χ4n) is 3.76. The van der Waals surface area contributed by atoms with Crippen molar-refractivity contribution in [3.05, 3.63) is 54.5 Å². The van der Waals surface area contributed by atoms with E-state index in [9.17, 15) is 9.59 Å². The highest BCUT2D eigenvalue weighted by atomic mass is 16.2. The van der Waals surface area contributed by atoms with Gasteiger partial charge in [0.05, 0.1) is 16.6 Å². The van der Waals surface area contributed by atoms with Crippen molar-refractivity contribution in [2.75, 3.05) is 13.1 Å². The van der Waals surface area contributed by atoms with Crippen molar-refractivity contribution in [3.8, 4) is 5.82 Å². The van der Waals surface area contributed by atoms with Crippen LogP contribution in [0.5, 0.6) is 0 Å². The first-order valence-corrected chi connectivity index (χ1v) is 10.0. The maximum absolute atomic E-state index is 13.2. The van der Waals surface area contributed by atoms with E-state index in [2.05, 4.69) is 29.1 Å². The molecule has 0 spiro atoms. The van der Waals surface area contributed by atoms with Gasteiger partial charge in [-0.1, -0.05) is 26.0 Å². The fourth-order valence-corrected chi connectivity index (χ4v) is 3.76. The van der Waals surface area contributed by atoms with Gasteiger partial charge in [-0.15, -0.1) is 0 Å². The van der Waals surface area contributed by atoms with E-state index in [0.717, 1.165) is 17.5 Å². The number of hydrogen-bond acceptors (Lipinski definition) is 4. The standard InChI is InChI=1S/C22H25N5O2/c1-15(2)12-19-21(28)23-10-5-11-26(19)22(29)16-8-9-20(24-13-16)27-14-25-17-6-3-4-7-18(17)27/h3-4,6-9,13-15,19H,5,10-12H2,1-2H3,(H,23,28). The normalized spacial score (nSPS) is 17.4. The van der Waals surface area contributed by atoms with Gasteiger partial charge in [0, 0.05) is 19.3 Å². The molecule has 1 saturated heterocycles. The van der Waals surface area contributed by atoms with Gasteiger partial charge in [-0.3, -0.25) is 14.2 Å². The number of carbonyl (C=O) groups is 2. The maximum Gasteiger partial charge on any atom is 0.256 e. The van der Waals surface area contributed by atoms with Gasteiger partial charge in [0.15, 0.2) is 0 Å². The summed E-state index contributed by atoms with van der Waals surface area (Å²) in [7, 11) is 0. The highest BCUT2D eigenvalue weighted by Gasteiger charge is 2.32. The molecule has 7 nitrogen and oxygen atoms in total. The van der Waals surface area contributed by atoms with Crippen molar-refractivity contribution in [1.82, 2.24) is 24.8 Å². The summed E-state index contributed by atoms with van der Waals surface area (Å²) < 4.78 is 1.89. The average Bonchev–Trinajstić information content (AvgIpc) is 3.07. The van der Waals surface area contributed by atoms with Crippen LogP contribution in [0.2, 0.25) is 0 Å². The van der Waals surface area contributed by atoms with E-state index >= 15 is 0 Å². The highest BCUT2D eigenvalue weighted by Crippen LogP contribution is 2.20. The van der Waals surface area contributed by atoms with Gasteiger partial charge in [-0.25, -0.2) is 9.97 Å². The Hall–Kier alpha value is -3.22. The monoisotopic (exact) mass is 391 g/mol. The molecule has 1 aliphatic heterocycles. The summed E-state index contributed by atoms with van der Waals surface area (Å²) in [6, 6.07) is 11.0. The van der Waals surface area contributed by atoms with Crippen molar-refractivity contribution in [1.29, 1.82) is 0 Å². The minimum Gasteiger partial charge on any atom is -0.354 e. The Bertz CT molecular complexity index is 1030. The minimum absolute atomic E-state index is 0.0704. The molecule has 0 aliphatic carbocycles. The molecular weight excluding hydrogens is 366 g/mol. The predicted molar refractivity (Wildman–Crippen MR) is 111 cm³/mol. The second-order valence-corrected chi connectivity index (χ2v) is 7.80. The lowest BCUT2D eigenvalue weighted by Gasteiger charge is -2.29. The Labute approximate surface area is 169 Å². The number of carbonyl (C=O) groups excluding carboxylic acids is 2. The largest absolute Gasteiger partial charge is 0.354 e. The fraction of sp³-hybridized carbons (Fsp3) is 0.364. The van der Waals surface area contributed by atoms with Crippen LogP contribution in [0.3, 0.4) is 0 Å². The SMILES string of the molecule is CC(C)CC1C(=O)NCCCN1C(=O)c1ccc(-n2cnc3ccccc32)nc1. The Morgan fingerprint density at radius 1 is 1.21 bits per heavy atom. The van der Waals surface area contributed by atoms with E-state index in [1.165, 1.54) is 0 Å². The molecule has 3 heterocycles. The Morgan fingerprint density at radius 2 is 2.03 bits per heavy atom. The van der Waals surface area contributed by atoms with Crippen LogP contribution in [-0.2, 0) is 4.79 Å². The van der Waals surface area contributed by atoms with Gasteiger partial charge < -0.3 is 10.2 Å². The number of fused-ring (bicyclic) bond motifs is 1. The van der Waals surface area contributed by atoms with Crippen LogP contribution in [0.4, 0.5) is 0 Å². The summed E-state index contributed by atoms with van der Waals surface area (Å²) >= 11 is 0. The molecule has 1 unspecified atom stereocenters. The van der Waals surface area contributed by atoms with Crippen LogP contribution in [0.15, 0.2) is 48.9 Å². The van der Waals surface area contributed by atoms with Crippen LogP contribution in [0.25, 0.3) is 16.9 Å². The topological polar surface area (TPSA) is 80.1 Å². The Kier molecular flexibility index (Phi) is 5.29. The lowest BCUT2D eigenvalue weighted by Crippen LogP contribution is -2.47. The van der Waals surface area contributed by atoms with Crippen LogP contribution >= 0.6 is 0 Å². The number of aromatic nitrogens is 3. The predicted octanol–water partition coefficient (Wildman–Crippen LogP) is 2.80. The highest BCUT2D eigenvalue weighted by molar-refractivity contribution is 5.97. The summed E-state index contributed by atoms with van der Waals surface area (Å²) in [6.45, 7) is 5.28. The zero-order valence-corrected chi connectivity index (χ0v) is 16.7. The Balaban J connectivity index is 1.60. The van der Waals surface area contributed by atoms with E-state index in [-0.39, 0.29) is 11.8 Å². The molecule has 7 heteroatoms. The van der Waals surface area contributed by atoms with Crippen molar-refractivity contribution in [3.63, 3.8) is 0 Å². The lowest BCUT2D eigenvalue weighted by molar-refractivity contribution is -0.125. The quantitative estimate of drug-likeness (QED) is 0.742. The van der Waals surface area contributed by atoms with E-state index < -0.39 is 6.04 Å². The molecule has 0 bridgehead atoms. The van der Waals surface area contributed by atoms with Gasteiger partial charge in [-0.2, -0.15) is 0 Å². The van der Waals surface area contributed by atoms with Gasteiger partial charge in [0.2, 0.25) is 5.91 Å². The number of para-hydroxylation sites is 2. The molecule has 150 valence electrons. The van der Waals surface area contributed by atoms with Crippen LogP contribution in [0, 0.1) is 5.92 Å². The lowest BCUT2D eigenvalue weighted by atomic mass is 10.0. The number of pyridine rings is 1. The van der Waals surface area contributed by atoms with Crippen molar-refractivity contribution < 1.29 is 9.59 Å². The molecule has 1 fully saturated rings. The second-order valence-electron chi connectivity index (χ2n) is 7.80. The molecule has 29 heavy (non-hydrogen) atoms. The van der Waals surface area contributed by atoms with Gasteiger partial charge in [0.25, 0.3) is 5.91 Å². The van der Waals surface area contributed by atoms with E-state index in [1.807, 2.05) is 34.9 Å². The van der Waals surface area contributed by atoms with Crippen LogP contribution in [0.1, 0.15) is 37.0 Å². The number of imidazole rings is 1. The summed E-state index contributed by atoms with van der Waals surface area (Å²) in [5.74, 6) is 0.790. The molecule has 0 radical (unpaired) electrons. The number of nitrogens with zero attached hydrogens (tertiary/aromatic N) is 4. The summed E-state index contributed by atoms with van der Waals surface area (Å²) in [4.78, 5) is 36.3. The third-order valence-corrected chi connectivity index (χ3v) is 5.20. The number of nitrogens with one attached hydrogen (secondary N) is 1. The molecule has 1 aromatic carbocycles. The molecular formula is C22H25N5O2. The van der Waals surface area contributed by atoms with Crippen molar-refractivity contribution >= 4 is 22.8 Å². The number of benzene rings is 1. The van der Waals surface area contributed by atoms with Crippen LogP contribution in [-0.4, -0.2) is 50.4 Å². The molecule has 0 saturated carbocycles. The first-order chi connectivity index (χ1) is 14.0. The smallest absolute Gasteiger partial charge is 0.256 e. The van der Waals surface area contributed by atoms with Gasteiger partial charge >= 0.3 is 0 Å². The first-order valence-electron chi connectivity index (χ1n) is 10.0. The van der Waals surface area contributed by atoms with Crippen molar-refractivity contribution in [2.24, 2.45) is 5.92 Å². The second kappa shape index (κ2) is 8.03. The molecule has 2 amide bonds. The summed E-state index contributed by atoms with van der Waals surface area (Å²) in [5, 5.41) is 2.92. The summed E-state index contributed by atoms with van der Waals surface area (Å²) in [6.07, 6.45) is 4.71. The summed E-state index contributed by atoms with van der Waals surface area (Å²) in [5.41, 5.74) is 2.34. The third kappa shape index (κ3) is 3.85. The van der Waals surface area contributed by atoms with E-state index in [1.54, 1.807) is 23.5 Å². The van der Waals surface area contributed by atoms with E-state index in [4.69, 9.17) is 0 Å². The van der Waals surface area contributed by atoms with Gasteiger partial charge in [0.1, 0.15) is 18.2 Å². The molecule has 2 aromatic heterocycles. The average molecular weight is 391 g/mol. The van der Waals surface area contributed by atoms with Gasteiger partial charge in [-0.05, 0) is 43.0 Å². The molecule has 3 aromatic rings. The van der Waals surface area contributed by atoms with Crippen LogP contribution < -0.4 is 5.32 Å².